The maximum Gasteiger partial charge on any atom is 0.0602 e. The molecular formula is C27H27N3. The normalized spacial score (nSPS) is 16.3. The minimum atomic E-state index is 0.257. The average molecular weight is 394 g/mol. The van der Waals surface area contributed by atoms with Gasteiger partial charge in [-0.1, -0.05) is 66.7 Å². The quantitative estimate of drug-likeness (QED) is 0.511. The van der Waals surface area contributed by atoms with Crippen molar-refractivity contribution in [3.63, 3.8) is 0 Å². The van der Waals surface area contributed by atoms with E-state index in [9.17, 15) is 0 Å². The van der Waals surface area contributed by atoms with Gasteiger partial charge in [-0.2, -0.15) is 0 Å². The molecule has 3 aromatic carbocycles. The lowest BCUT2D eigenvalue weighted by molar-refractivity contribution is 0.241. The van der Waals surface area contributed by atoms with Gasteiger partial charge in [0.15, 0.2) is 0 Å². The van der Waals surface area contributed by atoms with E-state index in [0.717, 1.165) is 26.2 Å². The molecule has 1 aromatic heterocycles. The summed E-state index contributed by atoms with van der Waals surface area (Å²) in [4.78, 5) is 6.89. The SMILES string of the molecule is c1ccc(-c2ccc(C(c3ccc4cnccc4c3)N3CCCNCC3)cc2)cc1. The van der Waals surface area contributed by atoms with Crippen molar-refractivity contribution in [2.45, 2.75) is 12.5 Å². The van der Waals surface area contributed by atoms with Crippen LogP contribution in [-0.4, -0.2) is 36.1 Å². The molecule has 2 heterocycles. The Kier molecular flexibility index (Phi) is 5.56. The van der Waals surface area contributed by atoms with E-state index in [1.54, 1.807) is 0 Å². The molecule has 0 spiro atoms. The van der Waals surface area contributed by atoms with E-state index in [2.05, 4.69) is 94.1 Å². The smallest absolute Gasteiger partial charge is 0.0602 e. The number of fused-ring (bicyclic) bond motifs is 1. The summed E-state index contributed by atoms with van der Waals surface area (Å²) in [6.45, 7) is 4.29. The predicted molar refractivity (Wildman–Crippen MR) is 125 cm³/mol. The first-order chi connectivity index (χ1) is 14.9. The minimum absolute atomic E-state index is 0.257. The number of rotatable bonds is 4. The van der Waals surface area contributed by atoms with Crippen LogP contribution in [0.5, 0.6) is 0 Å². The van der Waals surface area contributed by atoms with Crippen molar-refractivity contribution in [2.24, 2.45) is 0 Å². The Morgan fingerprint density at radius 1 is 0.733 bits per heavy atom. The number of nitrogens with zero attached hydrogens (tertiary/aromatic N) is 2. The van der Waals surface area contributed by atoms with E-state index in [1.807, 2.05) is 12.4 Å². The summed E-state index contributed by atoms with van der Waals surface area (Å²) >= 11 is 0. The molecule has 1 aliphatic heterocycles. The predicted octanol–water partition coefficient (Wildman–Crippen LogP) is 5.29. The van der Waals surface area contributed by atoms with Crippen LogP contribution in [0.4, 0.5) is 0 Å². The summed E-state index contributed by atoms with van der Waals surface area (Å²) < 4.78 is 0. The molecule has 150 valence electrons. The van der Waals surface area contributed by atoms with Gasteiger partial charge in [0.2, 0.25) is 0 Å². The number of aromatic nitrogens is 1. The number of benzene rings is 3. The average Bonchev–Trinajstić information content (AvgIpc) is 3.10. The van der Waals surface area contributed by atoms with Crippen molar-refractivity contribution < 1.29 is 0 Å². The molecule has 1 fully saturated rings. The lowest BCUT2D eigenvalue weighted by atomic mass is 9.93. The van der Waals surface area contributed by atoms with E-state index in [0.29, 0.717) is 0 Å². The maximum atomic E-state index is 4.27. The highest BCUT2D eigenvalue weighted by atomic mass is 15.2. The van der Waals surface area contributed by atoms with Gasteiger partial charge >= 0.3 is 0 Å². The monoisotopic (exact) mass is 393 g/mol. The summed E-state index contributed by atoms with van der Waals surface area (Å²) in [5.41, 5.74) is 5.23. The summed E-state index contributed by atoms with van der Waals surface area (Å²) in [6, 6.07) is 28.9. The maximum absolute atomic E-state index is 4.27. The van der Waals surface area contributed by atoms with Crippen LogP contribution in [0.3, 0.4) is 0 Å². The van der Waals surface area contributed by atoms with Crippen LogP contribution in [0.25, 0.3) is 21.9 Å². The zero-order valence-corrected chi connectivity index (χ0v) is 17.2. The van der Waals surface area contributed by atoms with Gasteiger partial charge in [-0.25, -0.2) is 0 Å². The highest BCUT2D eigenvalue weighted by Crippen LogP contribution is 2.32. The zero-order chi connectivity index (χ0) is 20.2. The molecule has 0 aliphatic carbocycles. The first-order valence-electron chi connectivity index (χ1n) is 10.8. The van der Waals surface area contributed by atoms with Gasteiger partial charge in [0.25, 0.3) is 0 Å². The zero-order valence-electron chi connectivity index (χ0n) is 17.2. The fraction of sp³-hybridized carbons (Fsp3) is 0.222. The van der Waals surface area contributed by atoms with Gasteiger partial charge < -0.3 is 5.32 Å². The van der Waals surface area contributed by atoms with Crippen LogP contribution >= 0.6 is 0 Å². The Hall–Kier alpha value is -3.01. The van der Waals surface area contributed by atoms with E-state index in [1.165, 1.54) is 39.4 Å². The van der Waals surface area contributed by atoms with Crippen molar-refractivity contribution in [1.82, 2.24) is 15.2 Å². The standard InChI is InChI=1S/C27H27N3/c1-2-5-21(6-3-1)22-7-9-23(10-8-22)27(30-17-4-14-28-16-18-30)25-11-12-26-20-29-15-13-24(26)19-25/h1-3,5-13,15,19-20,27-28H,4,14,16-18H2. The van der Waals surface area contributed by atoms with Crippen LogP contribution in [-0.2, 0) is 0 Å². The van der Waals surface area contributed by atoms with Crippen LogP contribution < -0.4 is 5.32 Å². The van der Waals surface area contributed by atoms with Crippen molar-refractivity contribution >= 4 is 10.8 Å². The Balaban J connectivity index is 1.55. The summed E-state index contributed by atoms with van der Waals surface area (Å²) in [5, 5.41) is 5.99. The van der Waals surface area contributed by atoms with Gasteiger partial charge in [-0.05, 0) is 52.7 Å². The van der Waals surface area contributed by atoms with Crippen LogP contribution in [0.1, 0.15) is 23.6 Å². The third-order valence-electron chi connectivity index (χ3n) is 6.05. The molecule has 0 amide bonds. The largest absolute Gasteiger partial charge is 0.315 e. The fourth-order valence-electron chi connectivity index (χ4n) is 4.50. The Morgan fingerprint density at radius 3 is 2.40 bits per heavy atom. The summed E-state index contributed by atoms with van der Waals surface area (Å²) in [7, 11) is 0. The van der Waals surface area contributed by atoms with Crippen molar-refractivity contribution in [1.29, 1.82) is 0 Å². The molecule has 1 aliphatic rings. The number of pyridine rings is 1. The molecule has 3 heteroatoms. The summed E-state index contributed by atoms with van der Waals surface area (Å²) in [6.07, 6.45) is 5.00. The van der Waals surface area contributed by atoms with Gasteiger partial charge in [0, 0.05) is 37.4 Å². The Labute approximate surface area is 178 Å². The second-order valence-electron chi connectivity index (χ2n) is 8.01. The molecule has 3 nitrogen and oxygen atoms in total. The summed E-state index contributed by atoms with van der Waals surface area (Å²) in [5.74, 6) is 0. The molecule has 1 unspecified atom stereocenters. The van der Waals surface area contributed by atoms with Crippen LogP contribution in [0, 0.1) is 0 Å². The van der Waals surface area contributed by atoms with E-state index in [4.69, 9.17) is 0 Å². The van der Waals surface area contributed by atoms with E-state index < -0.39 is 0 Å². The molecule has 0 saturated carbocycles. The van der Waals surface area contributed by atoms with Gasteiger partial charge in [0.05, 0.1) is 6.04 Å². The molecule has 4 aromatic rings. The molecule has 0 radical (unpaired) electrons. The highest BCUT2D eigenvalue weighted by Gasteiger charge is 2.23. The number of nitrogens with one attached hydrogen (secondary N) is 1. The van der Waals surface area contributed by atoms with Crippen LogP contribution in [0.2, 0.25) is 0 Å². The van der Waals surface area contributed by atoms with Gasteiger partial charge in [-0.15, -0.1) is 0 Å². The minimum Gasteiger partial charge on any atom is -0.315 e. The number of hydrogen-bond donors (Lipinski definition) is 1. The fourth-order valence-corrected chi connectivity index (χ4v) is 4.50. The third-order valence-corrected chi connectivity index (χ3v) is 6.05. The Bertz CT molecular complexity index is 1100. The highest BCUT2D eigenvalue weighted by molar-refractivity contribution is 5.82. The molecule has 0 bridgehead atoms. The molecule has 1 atom stereocenters. The van der Waals surface area contributed by atoms with Crippen molar-refractivity contribution in [2.75, 3.05) is 26.2 Å². The molecule has 5 rings (SSSR count). The molecule has 1 N–H and O–H groups in total. The second kappa shape index (κ2) is 8.78. The lowest BCUT2D eigenvalue weighted by Crippen LogP contribution is -2.33. The van der Waals surface area contributed by atoms with Crippen molar-refractivity contribution in [3.8, 4) is 11.1 Å². The van der Waals surface area contributed by atoms with E-state index in [-0.39, 0.29) is 6.04 Å². The third kappa shape index (κ3) is 4.00. The van der Waals surface area contributed by atoms with Gasteiger partial charge in [0.1, 0.15) is 0 Å². The van der Waals surface area contributed by atoms with Gasteiger partial charge in [-0.3, -0.25) is 9.88 Å². The second-order valence-corrected chi connectivity index (χ2v) is 8.01. The topological polar surface area (TPSA) is 28.2 Å². The van der Waals surface area contributed by atoms with Crippen molar-refractivity contribution in [3.05, 3.63) is 102 Å². The van der Waals surface area contributed by atoms with E-state index >= 15 is 0 Å². The first kappa shape index (κ1) is 19.0. The first-order valence-corrected chi connectivity index (χ1v) is 10.8. The lowest BCUT2D eigenvalue weighted by Gasteiger charge is -2.31. The number of hydrogen-bond acceptors (Lipinski definition) is 3. The molecular weight excluding hydrogens is 366 g/mol. The van der Waals surface area contributed by atoms with Crippen LogP contribution in [0.15, 0.2) is 91.3 Å². The Morgan fingerprint density at radius 2 is 1.53 bits per heavy atom. The molecule has 1 saturated heterocycles. The molecule has 30 heavy (non-hydrogen) atoms.